The molecule has 1 aliphatic rings. The van der Waals surface area contributed by atoms with Gasteiger partial charge in [-0.2, -0.15) is 0 Å². The second-order valence-corrected chi connectivity index (χ2v) is 5.32. The minimum absolute atomic E-state index is 0.00831. The van der Waals surface area contributed by atoms with Crippen molar-refractivity contribution in [1.82, 2.24) is 0 Å². The summed E-state index contributed by atoms with van der Waals surface area (Å²) in [5, 5.41) is 10.1. The Labute approximate surface area is 94.4 Å². The highest BCUT2D eigenvalue weighted by atomic mass is 16.4. The van der Waals surface area contributed by atoms with E-state index in [2.05, 4.69) is 13.8 Å². The zero-order valence-corrected chi connectivity index (χ0v) is 9.83. The molecular weight excluding hydrogens is 206 g/mol. The maximum atomic E-state index is 11.2. The molecule has 16 heavy (non-hydrogen) atoms. The highest BCUT2D eigenvalue weighted by Crippen LogP contribution is 2.43. The van der Waals surface area contributed by atoms with Crippen molar-refractivity contribution in [2.45, 2.75) is 39.7 Å². The third kappa shape index (κ3) is 1.63. The number of carbonyl (C=O) groups is 1. The van der Waals surface area contributed by atoms with Crippen LogP contribution in [0.3, 0.4) is 0 Å². The van der Waals surface area contributed by atoms with E-state index in [1.807, 2.05) is 0 Å². The summed E-state index contributed by atoms with van der Waals surface area (Å²) in [6, 6.07) is 0. The van der Waals surface area contributed by atoms with Crippen LogP contribution >= 0.6 is 0 Å². The van der Waals surface area contributed by atoms with Crippen molar-refractivity contribution in [2.75, 3.05) is 0 Å². The van der Waals surface area contributed by atoms with Crippen LogP contribution in [0.5, 0.6) is 0 Å². The van der Waals surface area contributed by atoms with Gasteiger partial charge in [0.05, 0.1) is 6.10 Å². The molecule has 0 spiro atoms. The number of hydrogen-bond acceptors (Lipinski definition) is 3. The maximum Gasteiger partial charge on any atom is 0.284 e. The van der Waals surface area contributed by atoms with Crippen LogP contribution in [0.4, 0.5) is 0 Å². The monoisotopic (exact) mass is 223 g/mol. The summed E-state index contributed by atoms with van der Waals surface area (Å²) in [5.74, 6) is 0.314. The number of carbonyl (C=O) groups excluding carboxylic acids is 1. The number of aliphatic hydroxyl groups excluding tert-OH is 1. The van der Waals surface area contributed by atoms with Gasteiger partial charge in [0.25, 0.3) is 5.91 Å². The Morgan fingerprint density at radius 2 is 2.19 bits per heavy atom. The fraction of sp³-hybridized carbons (Fsp3) is 0.583. The summed E-state index contributed by atoms with van der Waals surface area (Å²) in [4.78, 5) is 11.2. The first-order valence-electron chi connectivity index (χ1n) is 5.42. The summed E-state index contributed by atoms with van der Waals surface area (Å²) in [7, 11) is 0. The topological polar surface area (TPSA) is 76.5 Å². The van der Waals surface area contributed by atoms with E-state index in [0.717, 1.165) is 12.0 Å². The third-order valence-corrected chi connectivity index (χ3v) is 3.21. The number of aliphatic hydroxyl groups is 1. The predicted molar refractivity (Wildman–Crippen MR) is 59.0 cm³/mol. The molecular formula is C12H17NO3. The number of fused-ring (bicyclic) bond motifs is 1. The minimum atomic E-state index is -0.572. The smallest absolute Gasteiger partial charge is 0.284 e. The van der Waals surface area contributed by atoms with Gasteiger partial charge in [-0.05, 0) is 18.8 Å². The van der Waals surface area contributed by atoms with Crippen molar-refractivity contribution < 1.29 is 14.3 Å². The van der Waals surface area contributed by atoms with Crippen LogP contribution in [-0.4, -0.2) is 11.0 Å². The van der Waals surface area contributed by atoms with Crippen LogP contribution in [0.15, 0.2) is 4.42 Å². The molecule has 1 atom stereocenters. The lowest BCUT2D eigenvalue weighted by molar-refractivity contribution is 0.0904. The van der Waals surface area contributed by atoms with Crippen molar-refractivity contribution in [3.8, 4) is 0 Å². The Hall–Kier alpha value is -1.29. The van der Waals surface area contributed by atoms with Crippen molar-refractivity contribution in [1.29, 1.82) is 0 Å². The van der Waals surface area contributed by atoms with Crippen LogP contribution in [-0.2, 0) is 6.42 Å². The molecule has 1 amide bonds. The van der Waals surface area contributed by atoms with Crippen molar-refractivity contribution >= 4 is 5.91 Å². The van der Waals surface area contributed by atoms with E-state index in [-0.39, 0.29) is 11.2 Å². The number of hydrogen-bond donors (Lipinski definition) is 2. The van der Waals surface area contributed by atoms with E-state index in [4.69, 9.17) is 10.2 Å². The largest absolute Gasteiger partial charge is 0.455 e. The number of rotatable bonds is 1. The first kappa shape index (κ1) is 11.2. The molecule has 1 aromatic heterocycles. The molecule has 3 N–H and O–H groups in total. The summed E-state index contributed by atoms with van der Waals surface area (Å²) in [6.45, 7) is 5.91. The fourth-order valence-electron chi connectivity index (χ4n) is 2.52. The Morgan fingerprint density at radius 3 is 2.75 bits per heavy atom. The van der Waals surface area contributed by atoms with Gasteiger partial charge in [-0.3, -0.25) is 4.79 Å². The molecule has 0 aliphatic heterocycles. The van der Waals surface area contributed by atoms with E-state index < -0.39 is 12.0 Å². The molecule has 0 fully saturated rings. The van der Waals surface area contributed by atoms with Gasteiger partial charge in [-0.15, -0.1) is 0 Å². The quantitative estimate of drug-likeness (QED) is 0.760. The lowest BCUT2D eigenvalue weighted by Gasteiger charge is -2.31. The van der Waals surface area contributed by atoms with E-state index in [9.17, 15) is 9.90 Å². The number of furan rings is 1. The zero-order valence-electron chi connectivity index (χ0n) is 9.83. The highest BCUT2D eigenvalue weighted by Gasteiger charge is 2.36. The lowest BCUT2D eigenvalue weighted by atomic mass is 9.75. The summed E-state index contributed by atoms with van der Waals surface area (Å²) >= 11 is 0. The van der Waals surface area contributed by atoms with Gasteiger partial charge in [0.1, 0.15) is 5.76 Å². The molecule has 1 aromatic rings. The van der Waals surface area contributed by atoms with E-state index in [0.29, 0.717) is 17.7 Å². The second kappa shape index (κ2) is 3.35. The molecule has 0 radical (unpaired) electrons. The molecule has 88 valence electrons. The van der Waals surface area contributed by atoms with E-state index in [1.54, 1.807) is 6.92 Å². The van der Waals surface area contributed by atoms with Gasteiger partial charge in [0, 0.05) is 17.5 Å². The molecule has 0 bridgehead atoms. The highest BCUT2D eigenvalue weighted by molar-refractivity contribution is 5.92. The van der Waals surface area contributed by atoms with E-state index >= 15 is 0 Å². The van der Waals surface area contributed by atoms with Gasteiger partial charge < -0.3 is 15.3 Å². The first-order chi connectivity index (χ1) is 7.32. The normalized spacial score (nSPS) is 22.9. The average Bonchev–Trinajstić information content (AvgIpc) is 2.40. The molecule has 0 aromatic carbocycles. The molecule has 2 rings (SSSR count). The van der Waals surface area contributed by atoms with Gasteiger partial charge in [0.2, 0.25) is 0 Å². The second-order valence-electron chi connectivity index (χ2n) is 5.32. The molecule has 0 unspecified atom stereocenters. The molecule has 4 heteroatoms. The fourth-order valence-corrected chi connectivity index (χ4v) is 2.52. The van der Waals surface area contributed by atoms with Crippen LogP contribution < -0.4 is 5.73 Å². The van der Waals surface area contributed by atoms with Crippen LogP contribution in [0.2, 0.25) is 0 Å². The Bertz CT molecular complexity index is 445. The molecule has 0 saturated carbocycles. The van der Waals surface area contributed by atoms with Crippen molar-refractivity contribution in [3.05, 3.63) is 22.6 Å². The Balaban J connectivity index is 2.54. The predicted octanol–water partition coefficient (Wildman–Crippen LogP) is 1.69. The third-order valence-electron chi connectivity index (χ3n) is 3.21. The van der Waals surface area contributed by atoms with Crippen LogP contribution in [0.25, 0.3) is 0 Å². The molecule has 0 saturated heterocycles. The van der Waals surface area contributed by atoms with Gasteiger partial charge >= 0.3 is 0 Å². The average molecular weight is 223 g/mol. The lowest BCUT2D eigenvalue weighted by Crippen LogP contribution is -2.24. The SMILES string of the molecule is Cc1c(C(N)=O)oc2c1[C@@H](O)CC(C)(C)C2. The van der Waals surface area contributed by atoms with Crippen molar-refractivity contribution in [3.63, 3.8) is 0 Å². The Morgan fingerprint density at radius 1 is 1.56 bits per heavy atom. The van der Waals surface area contributed by atoms with Crippen molar-refractivity contribution in [2.24, 2.45) is 11.1 Å². The van der Waals surface area contributed by atoms with E-state index in [1.165, 1.54) is 0 Å². The summed E-state index contributed by atoms with van der Waals surface area (Å²) in [5.41, 5.74) is 6.66. The van der Waals surface area contributed by atoms with Crippen LogP contribution in [0.1, 0.15) is 53.8 Å². The zero-order chi connectivity index (χ0) is 12.1. The Kier molecular flexibility index (Phi) is 2.35. The summed E-state index contributed by atoms with van der Waals surface area (Å²) < 4.78 is 5.47. The number of nitrogens with two attached hydrogens (primary N) is 1. The maximum absolute atomic E-state index is 11.2. The standard InChI is InChI=1S/C12H17NO3/c1-6-9-7(14)4-12(2,3)5-8(9)16-10(6)11(13)15/h7,14H,4-5H2,1-3H3,(H2,13,15)/t7-/m0/s1. The van der Waals surface area contributed by atoms with Crippen LogP contribution in [0, 0.1) is 12.3 Å². The number of amides is 1. The molecule has 1 aliphatic carbocycles. The first-order valence-corrected chi connectivity index (χ1v) is 5.42. The molecule has 1 heterocycles. The van der Waals surface area contributed by atoms with Gasteiger partial charge in [-0.25, -0.2) is 0 Å². The number of primary amides is 1. The summed E-state index contributed by atoms with van der Waals surface area (Å²) in [6.07, 6.45) is 0.849. The minimum Gasteiger partial charge on any atom is -0.455 e. The van der Waals surface area contributed by atoms with Gasteiger partial charge in [-0.1, -0.05) is 13.8 Å². The molecule has 4 nitrogen and oxygen atoms in total. The van der Waals surface area contributed by atoms with Gasteiger partial charge in [0.15, 0.2) is 5.76 Å².